The maximum atomic E-state index is 13.5. The van der Waals surface area contributed by atoms with Crippen molar-refractivity contribution in [3.05, 3.63) is 63.5 Å². The summed E-state index contributed by atoms with van der Waals surface area (Å²) >= 11 is 1.84. The zero-order valence-electron chi connectivity index (χ0n) is 19.7. The summed E-state index contributed by atoms with van der Waals surface area (Å²) in [5, 5.41) is 10.6. The van der Waals surface area contributed by atoms with Crippen molar-refractivity contribution in [2.75, 3.05) is 45.8 Å². The number of aryl methyl sites for hydroxylation is 1. The van der Waals surface area contributed by atoms with E-state index in [0.717, 1.165) is 77.9 Å². The first-order chi connectivity index (χ1) is 16.8. The Hall–Kier alpha value is -2.48. The lowest BCUT2D eigenvalue weighted by Gasteiger charge is -2.33. The molecule has 1 N–H and O–H groups in total. The molecule has 2 saturated heterocycles. The fourth-order valence-corrected chi connectivity index (χ4v) is 6.63. The average molecular weight is 476 g/mol. The monoisotopic (exact) mass is 475 g/mol. The van der Waals surface area contributed by atoms with Gasteiger partial charge in [0.1, 0.15) is 0 Å². The molecule has 0 radical (unpaired) electrons. The molecule has 0 bridgehead atoms. The number of aromatic nitrogens is 2. The van der Waals surface area contributed by atoms with Crippen LogP contribution >= 0.6 is 11.3 Å². The molecular weight excluding hydrogens is 442 g/mol. The molecule has 1 aliphatic carbocycles. The molecule has 178 valence electrons. The number of piperidine rings is 1. The Kier molecular flexibility index (Phi) is 6.24. The van der Waals surface area contributed by atoms with Crippen LogP contribution in [-0.4, -0.2) is 71.3 Å². The van der Waals surface area contributed by atoms with E-state index in [9.17, 15) is 4.79 Å². The van der Waals surface area contributed by atoms with E-state index in [1.54, 1.807) is 0 Å². The van der Waals surface area contributed by atoms with E-state index in [1.807, 2.05) is 16.2 Å². The quantitative estimate of drug-likeness (QED) is 0.612. The molecule has 0 unspecified atom stereocenters. The third kappa shape index (κ3) is 4.21. The number of hydrogen-bond donors (Lipinski definition) is 1. The van der Waals surface area contributed by atoms with E-state index in [0.29, 0.717) is 11.7 Å². The highest BCUT2D eigenvalue weighted by Gasteiger charge is 2.34. The van der Waals surface area contributed by atoms with E-state index in [4.69, 9.17) is 5.10 Å². The number of fused-ring (bicyclic) bond motifs is 3. The average Bonchev–Trinajstić information content (AvgIpc) is 3.53. The number of carbonyl (C=O) groups is 1. The van der Waals surface area contributed by atoms with Gasteiger partial charge in [-0.15, -0.1) is 11.3 Å². The Morgan fingerprint density at radius 1 is 1.03 bits per heavy atom. The number of rotatable bonds is 5. The van der Waals surface area contributed by atoms with Gasteiger partial charge in [-0.3, -0.25) is 9.48 Å². The van der Waals surface area contributed by atoms with Crippen LogP contribution < -0.4 is 5.32 Å². The van der Waals surface area contributed by atoms with Crippen molar-refractivity contribution in [2.24, 2.45) is 0 Å². The van der Waals surface area contributed by atoms with Crippen LogP contribution in [0.3, 0.4) is 0 Å². The number of benzene rings is 1. The highest BCUT2D eigenvalue weighted by Crippen LogP contribution is 2.41. The fourth-order valence-electron chi connectivity index (χ4n) is 5.75. The molecule has 2 aliphatic heterocycles. The number of amides is 1. The predicted octanol–water partition coefficient (Wildman–Crippen LogP) is 3.64. The van der Waals surface area contributed by atoms with Crippen LogP contribution in [0.5, 0.6) is 0 Å². The minimum Gasteiger partial charge on any atom is -0.335 e. The summed E-state index contributed by atoms with van der Waals surface area (Å²) in [6.45, 7) is 6.55. The largest absolute Gasteiger partial charge is 0.335 e. The molecule has 6 rings (SSSR count). The van der Waals surface area contributed by atoms with Gasteiger partial charge in [-0.2, -0.15) is 5.10 Å². The van der Waals surface area contributed by atoms with Crippen molar-refractivity contribution in [1.82, 2.24) is 24.9 Å². The van der Waals surface area contributed by atoms with Crippen molar-refractivity contribution in [3.63, 3.8) is 0 Å². The van der Waals surface area contributed by atoms with Crippen LogP contribution in [-0.2, 0) is 19.3 Å². The highest BCUT2D eigenvalue weighted by molar-refractivity contribution is 7.10. The van der Waals surface area contributed by atoms with Gasteiger partial charge in [-0.05, 0) is 49.1 Å². The standard InChI is InChI=1S/C27H33N5OS/c33-27(31-17-12-28-13-18-31)25-23-6-7-24-22(11-19-34-24)26(23)32(29-25)21-9-15-30(16-10-21)14-8-20-4-2-1-3-5-20/h1-5,11,19,21,28H,6-10,12-18H2. The van der Waals surface area contributed by atoms with Gasteiger partial charge in [-0.25, -0.2) is 0 Å². The molecule has 3 aliphatic rings. The minimum absolute atomic E-state index is 0.121. The Morgan fingerprint density at radius 2 is 1.82 bits per heavy atom. The lowest BCUT2D eigenvalue weighted by Crippen LogP contribution is -2.46. The van der Waals surface area contributed by atoms with Crippen LogP contribution in [0.25, 0.3) is 11.3 Å². The van der Waals surface area contributed by atoms with Gasteiger partial charge in [-0.1, -0.05) is 30.3 Å². The van der Waals surface area contributed by atoms with Gasteiger partial charge in [0.05, 0.1) is 11.7 Å². The van der Waals surface area contributed by atoms with Crippen molar-refractivity contribution in [2.45, 2.75) is 38.1 Å². The summed E-state index contributed by atoms with van der Waals surface area (Å²) in [5.41, 5.74) is 5.83. The van der Waals surface area contributed by atoms with Crippen molar-refractivity contribution >= 4 is 17.2 Å². The lowest BCUT2D eigenvalue weighted by atomic mass is 9.93. The van der Waals surface area contributed by atoms with Gasteiger partial charge >= 0.3 is 0 Å². The number of piperazine rings is 1. The molecule has 0 atom stereocenters. The fraction of sp³-hybridized carbons (Fsp3) is 0.481. The van der Waals surface area contributed by atoms with Gasteiger partial charge in [0.25, 0.3) is 5.91 Å². The molecule has 0 spiro atoms. The van der Waals surface area contributed by atoms with E-state index in [-0.39, 0.29) is 5.91 Å². The van der Waals surface area contributed by atoms with Gasteiger partial charge in [0, 0.05) is 61.8 Å². The SMILES string of the molecule is O=C(c1nn(C2CCN(CCc3ccccc3)CC2)c2c1CCc1sccc1-2)N1CCNCC1. The molecule has 2 aromatic heterocycles. The van der Waals surface area contributed by atoms with Crippen LogP contribution in [0.1, 0.15) is 45.4 Å². The minimum atomic E-state index is 0.121. The maximum absolute atomic E-state index is 13.5. The van der Waals surface area contributed by atoms with Gasteiger partial charge < -0.3 is 15.1 Å². The number of thiophene rings is 1. The molecule has 7 heteroatoms. The Balaban J connectivity index is 1.23. The van der Waals surface area contributed by atoms with Gasteiger partial charge in [0.15, 0.2) is 5.69 Å². The summed E-state index contributed by atoms with van der Waals surface area (Å²) in [6, 6.07) is 13.4. The van der Waals surface area contributed by atoms with Crippen LogP contribution in [0.4, 0.5) is 0 Å². The molecular formula is C27H33N5OS. The first-order valence-corrected chi connectivity index (χ1v) is 13.6. The number of nitrogens with one attached hydrogen (secondary N) is 1. The Labute approximate surface area is 205 Å². The lowest BCUT2D eigenvalue weighted by molar-refractivity contribution is 0.0727. The third-order valence-corrected chi connectivity index (χ3v) is 8.66. The normalized spacial score (nSPS) is 19.1. The highest BCUT2D eigenvalue weighted by atomic mass is 32.1. The summed E-state index contributed by atoms with van der Waals surface area (Å²) in [4.78, 5) is 19.5. The molecule has 6 nitrogen and oxygen atoms in total. The van der Waals surface area contributed by atoms with Crippen molar-refractivity contribution in [1.29, 1.82) is 0 Å². The molecule has 3 aromatic rings. The van der Waals surface area contributed by atoms with E-state index in [1.165, 1.54) is 27.3 Å². The maximum Gasteiger partial charge on any atom is 0.274 e. The Bertz CT molecular complexity index is 1140. The zero-order chi connectivity index (χ0) is 22.9. The smallest absolute Gasteiger partial charge is 0.274 e. The first-order valence-electron chi connectivity index (χ1n) is 12.7. The number of likely N-dealkylation sites (tertiary alicyclic amines) is 1. The number of carbonyl (C=O) groups excluding carboxylic acids is 1. The summed E-state index contributed by atoms with van der Waals surface area (Å²) in [7, 11) is 0. The second-order valence-electron chi connectivity index (χ2n) is 9.73. The van der Waals surface area contributed by atoms with Crippen LogP contribution in [0, 0.1) is 0 Å². The van der Waals surface area contributed by atoms with E-state index in [2.05, 4.69) is 56.7 Å². The molecule has 0 saturated carbocycles. The Morgan fingerprint density at radius 3 is 2.62 bits per heavy atom. The topological polar surface area (TPSA) is 53.4 Å². The van der Waals surface area contributed by atoms with Crippen LogP contribution in [0.15, 0.2) is 41.8 Å². The molecule has 1 aromatic carbocycles. The number of hydrogen-bond acceptors (Lipinski definition) is 5. The van der Waals surface area contributed by atoms with Gasteiger partial charge in [0.2, 0.25) is 0 Å². The van der Waals surface area contributed by atoms with Crippen molar-refractivity contribution in [3.8, 4) is 11.3 Å². The molecule has 34 heavy (non-hydrogen) atoms. The summed E-state index contributed by atoms with van der Waals surface area (Å²) < 4.78 is 2.25. The molecule has 2 fully saturated rings. The summed E-state index contributed by atoms with van der Waals surface area (Å²) in [6.07, 6.45) is 5.22. The molecule has 1 amide bonds. The predicted molar refractivity (Wildman–Crippen MR) is 137 cm³/mol. The van der Waals surface area contributed by atoms with E-state index < -0.39 is 0 Å². The molecule has 4 heterocycles. The van der Waals surface area contributed by atoms with Crippen LogP contribution in [0.2, 0.25) is 0 Å². The third-order valence-electron chi connectivity index (χ3n) is 7.68. The van der Waals surface area contributed by atoms with Crippen molar-refractivity contribution < 1.29 is 4.79 Å². The van der Waals surface area contributed by atoms with E-state index >= 15 is 0 Å². The summed E-state index contributed by atoms with van der Waals surface area (Å²) in [5.74, 6) is 0.121. The first kappa shape index (κ1) is 22.0. The second kappa shape index (κ2) is 9.64. The zero-order valence-corrected chi connectivity index (χ0v) is 20.5. The number of nitrogens with zero attached hydrogens (tertiary/aromatic N) is 4. The second-order valence-corrected chi connectivity index (χ2v) is 10.7.